The summed E-state index contributed by atoms with van der Waals surface area (Å²) in [6, 6.07) is 5.89. The first-order valence-corrected chi connectivity index (χ1v) is 6.11. The largest absolute Gasteiger partial charge is 0.387 e. The number of nitrogens with one attached hydrogen (secondary N) is 1. The molecule has 2 rings (SSSR count). The van der Waals surface area contributed by atoms with Gasteiger partial charge < -0.3 is 10.4 Å². The Morgan fingerprint density at radius 2 is 2.12 bits per heavy atom. The predicted octanol–water partition coefficient (Wildman–Crippen LogP) is 1.86. The summed E-state index contributed by atoms with van der Waals surface area (Å²) in [4.78, 5) is 11.4. The number of hydrogen-bond donors (Lipinski definition) is 2. The Labute approximate surface area is 102 Å². The maximum atomic E-state index is 11.4. The molecule has 1 fully saturated rings. The average Bonchev–Trinajstić information content (AvgIpc) is 3.13. The van der Waals surface area contributed by atoms with E-state index < -0.39 is 6.10 Å². The third-order valence-corrected chi connectivity index (χ3v) is 3.33. The molecule has 3 heteroatoms. The van der Waals surface area contributed by atoms with E-state index in [2.05, 4.69) is 5.32 Å². The van der Waals surface area contributed by atoms with E-state index in [9.17, 15) is 9.90 Å². The van der Waals surface area contributed by atoms with Crippen LogP contribution in [0.25, 0.3) is 0 Å². The van der Waals surface area contributed by atoms with Gasteiger partial charge in [-0.05, 0) is 43.4 Å². The summed E-state index contributed by atoms with van der Waals surface area (Å²) in [7, 11) is 0. The number of aliphatic hydroxyl groups is 1. The highest BCUT2D eigenvalue weighted by Gasteiger charge is 2.29. The molecule has 1 atom stereocenters. The van der Waals surface area contributed by atoms with Gasteiger partial charge in [0.05, 0.1) is 6.10 Å². The van der Waals surface area contributed by atoms with Crippen molar-refractivity contribution in [1.29, 1.82) is 0 Å². The first kappa shape index (κ1) is 12.1. The second kappa shape index (κ2) is 4.88. The molecule has 0 spiro atoms. The zero-order chi connectivity index (χ0) is 12.4. The second-order valence-electron chi connectivity index (χ2n) is 4.88. The second-order valence-corrected chi connectivity index (χ2v) is 4.88. The standard InChI is InChI=1S/C14H19NO2/c1-9-3-4-12(7-10(9)2)13(16)8-15-14(17)11-5-6-11/h3-4,7,11,13,16H,5-6,8H2,1-2H3,(H,15,17). The molecule has 0 heterocycles. The minimum atomic E-state index is -0.614. The van der Waals surface area contributed by atoms with Crippen LogP contribution in [-0.4, -0.2) is 17.6 Å². The summed E-state index contributed by atoms with van der Waals surface area (Å²) in [6.07, 6.45) is 1.37. The highest BCUT2D eigenvalue weighted by Crippen LogP contribution is 2.28. The van der Waals surface area contributed by atoms with Crippen LogP contribution in [0.3, 0.4) is 0 Å². The Morgan fingerprint density at radius 1 is 1.41 bits per heavy atom. The van der Waals surface area contributed by atoms with Crippen molar-refractivity contribution in [1.82, 2.24) is 5.32 Å². The molecule has 17 heavy (non-hydrogen) atoms. The summed E-state index contributed by atoms with van der Waals surface area (Å²) >= 11 is 0. The van der Waals surface area contributed by atoms with Gasteiger partial charge in [-0.3, -0.25) is 4.79 Å². The van der Waals surface area contributed by atoms with E-state index >= 15 is 0 Å². The van der Waals surface area contributed by atoms with Crippen LogP contribution < -0.4 is 5.32 Å². The molecule has 3 nitrogen and oxygen atoms in total. The Kier molecular flexibility index (Phi) is 3.48. The number of aliphatic hydroxyl groups excluding tert-OH is 1. The maximum Gasteiger partial charge on any atom is 0.223 e. The molecule has 1 unspecified atom stereocenters. The van der Waals surface area contributed by atoms with E-state index in [1.165, 1.54) is 5.56 Å². The summed E-state index contributed by atoms with van der Waals surface area (Å²) in [5, 5.41) is 12.8. The molecule has 2 N–H and O–H groups in total. The third-order valence-electron chi connectivity index (χ3n) is 3.33. The summed E-state index contributed by atoms with van der Waals surface area (Å²) in [6.45, 7) is 4.37. The Balaban J connectivity index is 1.91. The van der Waals surface area contributed by atoms with E-state index in [1.54, 1.807) is 0 Å². The van der Waals surface area contributed by atoms with Gasteiger partial charge >= 0.3 is 0 Å². The minimum absolute atomic E-state index is 0.0767. The van der Waals surface area contributed by atoms with Crippen LogP contribution in [-0.2, 0) is 4.79 Å². The molecule has 1 saturated carbocycles. The van der Waals surface area contributed by atoms with Gasteiger partial charge in [0, 0.05) is 12.5 Å². The minimum Gasteiger partial charge on any atom is -0.387 e. The lowest BCUT2D eigenvalue weighted by atomic mass is 10.0. The number of hydrogen-bond acceptors (Lipinski definition) is 2. The van der Waals surface area contributed by atoms with E-state index in [0.29, 0.717) is 6.54 Å². The van der Waals surface area contributed by atoms with E-state index in [1.807, 2.05) is 32.0 Å². The number of carbonyl (C=O) groups excluding carboxylic acids is 1. The van der Waals surface area contributed by atoms with Crippen LogP contribution in [0, 0.1) is 19.8 Å². The summed E-state index contributed by atoms with van der Waals surface area (Å²) < 4.78 is 0. The number of benzene rings is 1. The number of amides is 1. The molecule has 0 radical (unpaired) electrons. The van der Waals surface area contributed by atoms with Crippen molar-refractivity contribution in [2.45, 2.75) is 32.8 Å². The van der Waals surface area contributed by atoms with E-state index in [0.717, 1.165) is 24.0 Å². The quantitative estimate of drug-likeness (QED) is 0.834. The van der Waals surface area contributed by atoms with E-state index in [4.69, 9.17) is 0 Å². The predicted molar refractivity (Wildman–Crippen MR) is 66.6 cm³/mol. The van der Waals surface area contributed by atoms with Gasteiger partial charge in [0.25, 0.3) is 0 Å². The van der Waals surface area contributed by atoms with Crippen LogP contribution in [0.15, 0.2) is 18.2 Å². The molecule has 0 aliphatic heterocycles. The van der Waals surface area contributed by atoms with Gasteiger partial charge in [0.15, 0.2) is 0 Å². The first-order valence-electron chi connectivity index (χ1n) is 6.11. The van der Waals surface area contributed by atoms with Crippen molar-refractivity contribution >= 4 is 5.91 Å². The molecule has 0 aromatic heterocycles. The van der Waals surface area contributed by atoms with Crippen molar-refractivity contribution in [3.8, 4) is 0 Å². The van der Waals surface area contributed by atoms with Crippen LogP contribution in [0.1, 0.15) is 35.6 Å². The maximum absolute atomic E-state index is 11.4. The lowest BCUT2D eigenvalue weighted by Gasteiger charge is -2.13. The molecule has 1 amide bonds. The van der Waals surface area contributed by atoms with Gasteiger partial charge in [0.1, 0.15) is 0 Å². The highest BCUT2D eigenvalue weighted by molar-refractivity contribution is 5.80. The van der Waals surface area contributed by atoms with E-state index in [-0.39, 0.29) is 11.8 Å². The third kappa shape index (κ3) is 3.07. The molecule has 0 saturated heterocycles. The monoisotopic (exact) mass is 233 g/mol. The van der Waals surface area contributed by atoms with Gasteiger partial charge in [-0.2, -0.15) is 0 Å². The topological polar surface area (TPSA) is 49.3 Å². The molecule has 1 aliphatic rings. The molecule has 92 valence electrons. The lowest BCUT2D eigenvalue weighted by Crippen LogP contribution is -2.29. The highest BCUT2D eigenvalue weighted by atomic mass is 16.3. The number of carbonyl (C=O) groups is 1. The summed E-state index contributed by atoms with van der Waals surface area (Å²) in [5.41, 5.74) is 3.24. The van der Waals surface area contributed by atoms with Crippen molar-refractivity contribution in [2.75, 3.05) is 6.54 Å². The molecule has 1 aliphatic carbocycles. The van der Waals surface area contributed by atoms with Crippen LogP contribution in [0.5, 0.6) is 0 Å². The molecular formula is C14H19NO2. The Morgan fingerprint density at radius 3 is 2.71 bits per heavy atom. The lowest BCUT2D eigenvalue weighted by molar-refractivity contribution is -0.122. The molecular weight excluding hydrogens is 214 g/mol. The molecule has 0 bridgehead atoms. The smallest absolute Gasteiger partial charge is 0.223 e. The van der Waals surface area contributed by atoms with Crippen LogP contribution >= 0.6 is 0 Å². The van der Waals surface area contributed by atoms with Gasteiger partial charge in [-0.15, -0.1) is 0 Å². The summed E-state index contributed by atoms with van der Waals surface area (Å²) in [5.74, 6) is 0.273. The average molecular weight is 233 g/mol. The van der Waals surface area contributed by atoms with Crippen molar-refractivity contribution in [3.05, 3.63) is 34.9 Å². The first-order chi connectivity index (χ1) is 8.08. The SMILES string of the molecule is Cc1ccc(C(O)CNC(=O)C2CC2)cc1C. The normalized spacial score (nSPS) is 16.6. The van der Waals surface area contributed by atoms with Crippen LogP contribution in [0.2, 0.25) is 0 Å². The fourth-order valence-corrected chi connectivity index (χ4v) is 1.78. The fraction of sp³-hybridized carbons (Fsp3) is 0.500. The number of rotatable bonds is 4. The van der Waals surface area contributed by atoms with Crippen molar-refractivity contribution in [3.63, 3.8) is 0 Å². The Bertz CT molecular complexity index is 424. The van der Waals surface area contributed by atoms with Crippen molar-refractivity contribution in [2.24, 2.45) is 5.92 Å². The molecule has 1 aromatic carbocycles. The Hall–Kier alpha value is -1.35. The van der Waals surface area contributed by atoms with Gasteiger partial charge in [-0.1, -0.05) is 18.2 Å². The zero-order valence-electron chi connectivity index (χ0n) is 10.4. The zero-order valence-corrected chi connectivity index (χ0v) is 10.4. The fourth-order valence-electron chi connectivity index (χ4n) is 1.78. The number of aryl methyl sites for hydroxylation is 2. The van der Waals surface area contributed by atoms with Crippen LogP contribution in [0.4, 0.5) is 0 Å². The van der Waals surface area contributed by atoms with Gasteiger partial charge in [-0.25, -0.2) is 0 Å². The molecule has 1 aromatic rings. The van der Waals surface area contributed by atoms with Gasteiger partial charge in [0.2, 0.25) is 5.91 Å². The van der Waals surface area contributed by atoms with Crippen molar-refractivity contribution < 1.29 is 9.90 Å².